The first-order valence-corrected chi connectivity index (χ1v) is 9.51. The van der Waals surface area contributed by atoms with Crippen molar-refractivity contribution in [2.75, 3.05) is 19.4 Å². The smallest absolute Gasteiger partial charge is 0.258 e. The Morgan fingerprint density at radius 1 is 1.07 bits per heavy atom. The highest BCUT2D eigenvalue weighted by molar-refractivity contribution is 6.42. The van der Waals surface area contributed by atoms with E-state index >= 15 is 0 Å². The maximum atomic E-state index is 12.5. The van der Waals surface area contributed by atoms with E-state index in [1.165, 1.54) is 6.21 Å². The maximum Gasteiger partial charge on any atom is 0.258 e. The van der Waals surface area contributed by atoms with E-state index < -0.39 is 0 Å². The number of nitrogens with zero attached hydrogens (tertiary/aromatic N) is 2. The van der Waals surface area contributed by atoms with E-state index in [9.17, 15) is 4.79 Å². The van der Waals surface area contributed by atoms with Crippen LogP contribution in [0, 0.1) is 0 Å². The largest absolute Gasteiger partial charge is 0.391 e. The Labute approximate surface area is 183 Å². The van der Waals surface area contributed by atoms with Crippen LogP contribution in [0.3, 0.4) is 0 Å². The van der Waals surface area contributed by atoms with Gasteiger partial charge in [-0.2, -0.15) is 0 Å². The zero-order valence-corrected chi connectivity index (χ0v) is 18.1. The minimum absolute atomic E-state index is 0.135. The lowest BCUT2D eigenvalue weighted by Crippen LogP contribution is -2.18. The van der Waals surface area contributed by atoms with Crippen molar-refractivity contribution >= 4 is 64.2 Å². The van der Waals surface area contributed by atoms with Gasteiger partial charge in [0.2, 0.25) is 0 Å². The van der Waals surface area contributed by atoms with Gasteiger partial charge in [-0.3, -0.25) is 4.79 Å². The minimum atomic E-state index is -0.385. The van der Waals surface area contributed by atoms with Gasteiger partial charge in [0.1, 0.15) is 6.61 Å². The second-order valence-corrected chi connectivity index (χ2v) is 7.53. The van der Waals surface area contributed by atoms with Crippen molar-refractivity contribution in [2.24, 2.45) is 5.16 Å². The number of hydrogen-bond acceptors (Lipinski definition) is 4. The van der Waals surface area contributed by atoms with Crippen molar-refractivity contribution < 1.29 is 9.63 Å². The summed E-state index contributed by atoms with van der Waals surface area (Å²) in [5, 5.41) is 8.34. The lowest BCUT2D eigenvalue weighted by molar-refractivity contribution is -0.112. The molecule has 5 nitrogen and oxygen atoms in total. The highest BCUT2D eigenvalue weighted by Crippen LogP contribution is 2.25. The Hall–Kier alpha value is -1.92. The van der Waals surface area contributed by atoms with Crippen LogP contribution in [0.2, 0.25) is 20.1 Å². The molecule has 2 rings (SSSR count). The number of nitrogens with one attached hydrogen (secondary N) is 1. The summed E-state index contributed by atoms with van der Waals surface area (Å²) in [5.74, 6) is -0.385. The molecule has 9 heteroatoms. The molecule has 0 unspecified atom stereocenters. The van der Waals surface area contributed by atoms with Gasteiger partial charge >= 0.3 is 0 Å². The lowest BCUT2D eigenvalue weighted by atomic mass is 10.2. The molecule has 0 spiro atoms. The number of anilines is 1. The Morgan fingerprint density at radius 3 is 2.46 bits per heavy atom. The van der Waals surface area contributed by atoms with Crippen molar-refractivity contribution in [3.63, 3.8) is 0 Å². The van der Waals surface area contributed by atoms with Crippen LogP contribution in [-0.2, 0) is 16.2 Å². The third kappa shape index (κ3) is 6.91. The van der Waals surface area contributed by atoms with Crippen molar-refractivity contribution in [2.45, 2.75) is 6.61 Å². The van der Waals surface area contributed by atoms with Gasteiger partial charge in [-0.05, 0) is 30.3 Å². The van der Waals surface area contributed by atoms with Gasteiger partial charge in [-0.1, -0.05) is 57.6 Å². The molecule has 0 aliphatic heterocycles. The summed E-state index contributed by atoms with van der Waals surface area (Å²) >= 11 is 23.8. The first kappa shape index (κ1) is 22.4. The number of hydrogen-bond donors (Lipinski definition) is 1. The second kappa shape index (κ2) is 10.6. The fourth-order valence-corrected chi connectivity index (χ4v) is 2.81. The molecule has 1 N–H and O–H groups in total. The molecule has 0 atom stereocenters. The number of amides is 1. The molecule has 0 fully saturated rings. The van der Waals surface area contributed by atoms with E-state index in [-0.39, 0.29) is 18.1 Å². The van der Waals surface area contributed by atoms with Crippen LogP contribution in [0.1, 0.15) is 5.56 Å². The Bertz CT molecular complexity index is 914. The van der Waals surface area contributed by atoms with Crippen molar-refractivity contribution in [3.8, 4) is 0 Å². The zero-order valence-electron chi connectivity index (χ0n) is 15.0. The van der Waals surface area contributed by atoms with E-state index in [0.717, 1.165) is 5.56 Å². The van der Waals surface area contributed by atoms with E-state index in [4.69, 9.17) is 51.2 Å². The first-order chi connectivity index (χ1) is 13.3. The molecule has 0 radical (unpaired) electrons. The molecule has 0 saturated heterocycles. The molecule has 0 saturated carbocycles. The van der Waals surface area contributed by atoms with Crippen LogP contribution in [0.5, 0.6) is 0 Å². The van der Waals surface area contributed by atoms with Gasteiger partial charge in [0.05, 0.1) is 21.8 Å². The second-order valence-electron chi connectivity index (χ2n) is 5.87. The van der Waals surface area contributed by atoms with Crippen LogP contribution < -0.4 is 5.32 Å². The van der Waals surface area contributed by atoms with Crippen molar-refractivity contribution in [1.82, 2.24) is 4.90 Å². The first-order valence-electron chi connectivity index (χ1n) is 8.00. The molecule has 0 heterocycles. The standard InChI is InChI=1S/C19H17Cl4N3O2/c1-26(2)10-13(19(27)25-15-5-6-16(21)18(23)8-15)9-24-28-11-12-3-4-14(20)7-17(12)22/h3-10H,11H2,1-2H3,(H,25,27)/b13-10+,24-9?. The number of benzene rings is 2. The fraction of sp³-hybridized carbons (Fsp3) is 0.158. The summed E-state index contributed by atoms with van der Waals surface area (Å²) in [4.78, 5) is 19.5. The average molecular weight is 461 g/mol. The number of carbonyl (C=O) groups is 1. The van der Waals surface area contributed by atoms with Crippen LogP contribution in [0.25, 0.3) is 0 Å². The van der Waals surface area contributed by atoms with E-state index in [2.05, 4.69) is 10.5 Å². The summed E-state index contributed by atoms with van der Waals surface area (Å²) in [7, 11) is 3.57. The molecule has 2 aromatic carbocycles. The molecule has 28 heavy (non-hydrogen) atoms. The van der Waals surface area contributed by atoms with Crippen LogP contribution in [-0.4, -0.2) is 31.1 Å². The summed E-state index contributed by atoms with van der Waals surface area (Å²) < 4.78 is 0. The highest BCUT2D eigenvalue weighted by Gasteiger charge is 2.10. The molecule has 0 aromatic heterocycles. The highest BCUT2D eigenvalue weighted by atomic mass is 35.5. The molecular formula is C19H17Cl4N3O2. The lowest BCUT2D eigenvalue weighted by Gasteiger charge is -2.10. The number of halogens is 4. The van der Waals surface area contributed by atoms with E-state index in [1.807, 2.05) is 0 Å². The molecule has 2 aromatic rings. The zero-order chi connectivity index (χ0) is 20.7. The van der Waals surface area contributed by atoms with Gasteiger partial charge < -0.3 is 15.1 Å². The van der Waals surface area contributed by atoms with E-state index in [1.54, 1.807) is 61.6 Å². The summed E-state index contributed by atoms with van der Waals surface area (Å²) in [6.45, 7) is 0.135. The average Bonchev–Trinajstić information content (AvgIpc) is 2.62. The third-order valence-corrected chi connectivity index (χ3v) is 4.66. The number of carbonyl (C=O) groups excluding carboxylic acids is 1. The van der Waals surface area contributed by atoms with Gasteiger partial charge in [0.15, 0.2) is 0 Å². The quantitative estimate of drug-likeness (QED) is 0.318. The number of oxime groups is 1. The maximum absolute atomic E-state index is 12.5. The Morgan fingerprint density at radius 2 is 1.82 bits per heavy atom. The van der Waals surface area contributed by atoms with Gasteiger partial charge in [-0.15, -0.1) is 0 Å². The minimum Gasteiger partial charge on any atom is -0.391 e. The van der Waals surface area contributed by atoms with E-state index in [0.29, 0.717) is 25.8 Å². The van der Waals surface area contributed by atoms with Crippen LogP contribution >= 0.6 is 46.4 Å². The summed E-state index contributed by atoms with van der Waals surface area (Å²) in [6, 6.07) is 9.88. The van der Waals surface area contributed by atoms with Crippen molar-refractivity contribution in [1.29, 1.82) is 0 Å². The Balaban J connectivity index is 2.04. The van der Waals surface area contributed by atoms with Crippen LogP contribution in [0.15, 0.2) is 53.3 Å². The third-order valence-electron chi connectivity index (χ3n) is 3.34. The molecule has 0 aliphatic rings. The van der Waals surface area contributed by atoms with Crippen LogP contribution in [0.4, 0.5) is 5.69 Å². The van der Waals surface area contributed by atoms with Gasteiger partial charge in [-0.25, -0.2) is 0 Å². The molecule has 0 aliphatic carbocycles. The molecule has 0 bridgehead atoms. The van der Waals surface area contributed by atoms with Crippen molar-refractivity contribution in [3.05, 3.63) is 73.8 Å². The van der Waals surface area contributed by atoms with Gasteiger partial charge in [0, 0.05) is 41.6 Å². The summed E-state index contributed by atoms with van der Waals surface area (Å²) in [6.07, 6.45) is 2.92. The fourth-order valence-electron chi connectivity index (χ4n) is 2.05. The Kier molecular flexibility index (Phi) is 8.45. The molecule has 148 valence electrons. The predicted octanol–water partition coefficient (Wildman–Crippen LogP) is 5.89. The summed E-state index contributed by atoms with van der Waals surface area (Å²) in [5.41, 5.74) is 1.51. The predicted molar refractivity (Wildman–Crippen MR) is 117 cm³/mol. The molecule has 1 amide bonds. The topological polar surface area (TPSA) is 53.9 Å². The monoisotopic (exact) mass is 459 g/mol. The SMILES string of the molecule is CN(C)/C=C(\C=NOCc1ccc(Cl)cc1Cl)C(=O)Nc1ccc(Cl)c(Cl)c1. The molecular weight excluding hydrogens is 444 g/mol. The number of rotatable bonds is 7. The van der Waals surface area contributed by atoms with Gasteiger partial charge in [0.25, 0.3) is 5.91 Å². The normalized spacial score (nSPS) is 11.6.